The van der Waals surface area contributed by atoms with Crippen molar-refractivity contribution in [1.82, 2.24) is 10.2 Å². The van der Waals surface area contributed by atoms with Gasteiger partial charge in [0, 0.05) is 19.5 Å². The van der Waals surface area contributed by atoms with Crippen molar-refractivity contribution in [2.75, 3.05) is 20.2 Å². The van der Waals surface area contributed by atoms with Crippen molar-refractivity contribution in [2.24, 2.45) is 5.92 Å². The Balaban J connectivity index is 1.57. The fourth-order valence-electron chi connectivity index (χ4n) is 3.63. The Bertz CT molecular complexity index is 668. The number of piperidine rings is 1. The standard InChI is InChI=1S/C19H25F3N2O3/c1-27-15-5-3-2-4-14(15)12-18(26)8-10-24(11-9-18)17(25)23-16(13-6-7-13)19(20,21)22/h2-5,13,16,26H,6-12H2,1H3,(H,23,25). The average molecular weight is 386 g/mol. The summed E-state index contributed by atoms with van der Waals surface area (Å²) in [5.74, 6) is 0.171. The summed E-state index contributed by atoms with van der Waals surface area (Å²) >= 11 is 0. The number of halogens is 3. The second kappa shape index (κ2) is 7.58. The molecule has 1 atom stereocenters. The molecule has 27 heavy (non-hydrogen) atoms. The van der Waals surface area contributed by atoms with Gasteiger partial charge in [0.05, 0.1) is 12.7 Å². The molecule has 0 radical (unpaired) electrons. The number of likely N-dealkylation sites (tertiary alicyclic amines) is 1. The molecular formula is C19H25F3N2O3. The molecule has 1 heterocycles. The van der Waals surface area contributed by atoms with Gasteiger partial charge in [-0.25, -0.2) is 4.79 Å². The first-order chi connectivity index (χ1) is 12.7. The van der Waals surface area contributed by atoms with Crippen LogP contribution < -0.4 is 10.1 Å². The number of methoxy groups -OCH3 is 1. The van der Waals surface area contributed by atoms with Crippen molar-refractivity contribution >= 4 is 6.03 Å². The Morgan fingerprint density at radius 1 is 1.33 bits per heavy atom. The van der Waals surface area contributed by atoms with Crippen LogP contribution in [0.3, 0.4) is 0 Å². The van der Waals surface area contributed by atoms with Gasteiger partial charge >= 0.3 is 12.2 Å². The number of hydrogen-bond donors (Lipinski definition) is 2. The van der Waals surface area contributed by atoms with Crippen molar-refractivity contribution in [3.8, 4) is 5.75 Å². The van der Waals surface area contributed by atoms with E-state index in [4.69, 9.17) is 4.74 Å². The molecule has 0 spiro atoms. The molecule has 2 fully saturated rings. The van der Waals surface area contributed by atoms with Crippen LogP contribution >= 0.6 is 0 Å². The minimum atomic E-state index is -4.43. The van der Waals surface area contributed by atoms with Crippen LogP contribution in [0.2, 0.25) is 0 Å². The third-order valence-electron chi connectivity index (χ3n) is 5.42. The van der Waals surface area contributed by atoms with Crippen molar-refractivity contribution in [1.29, 1.82) is 0 Å². The largest absolute Gasteiger partial charge is 0.496 e. The summed E-state index contributed by atoms with van der Waals surface area (Å²) in [5.41, 5.74) is -0.142. The minimum absolute atomic E-state index is 0.215. The maximum absolute atomic E-state index is 13.1. The second-order valence-corrected chi connectivity index (χ2v) is 7.51. The summed E-state index contributed by atoms with van der Waals surface area (Å²) in [7, 11) is 1.56. The Labute approximate surface area is 156 Å². The van der Waals surface area contributed by atoms with E-state index < -0.39 is 29.8 Å². The number of nitrogens with one attached hydrogen (secondary N) is 1. The van der Waals surface area contributed by atoms with Gasteiger partial charge < -0.3 is 20.1 Å². The highest BCUT2D eigenvalue weighted by Crippen LogP contribution is 2.40. The molecule has 1 aliphatic heterocycles. The molecule has 2 amide bonds. The molecule has 5 nitrogen and oxygen atoms in total. The molecule has 3 rings (SSSR count). The Morgan fingerprint density at radius 2 is 1.96 bits per heavy atom. The van der Waals surface area contributed by atoms with Gasteiger partial charge in [-0.15, -0.1) is 0 Å². The molecular weight excluding hydrogens is 361 g/mol. The number of nitrogens with zero attached hydrogens (tertiary/aromatic N) is 1. The van der Waals surface area contributed by atoms with Gasteiger partial charge in [0.1, 0.15) is 11.8 Å². The van der Waals surface area contributed by atoms with Gasteiger partial charge in [0.25, 0.3) is 0 Å². The van der Waals surface area contributed by atoms with E-state index in [-0.39, 0.29) is 13.1 Å². The van der Waals surface area contributed by atoms with Crippen molar-refractivity contribution in [2.45, 2.75) is 49.9 Å². The van der Waals surface area contributed by atoms with Crippen LogP contribution in [0.25, 0.3) is 0 Å². The number of hydrogen-bond acceptors (Lipinski definition) is 3. The molecule has 1 aliphatic carbocycles. The van der Waals surface area contributed by atoms with Gasteiger partial charge in [-0.3, -0.25) is 0 Å². The SMILES string of the molecule is COc1ccccc1CC1(O)CCN(C(=O)NC(C2CC2)C(F)(F)F)CC1. The highest BCUT2D eigenvalue weighted by Gasteiger charge is 2.50. The fraction of sp³-hybridized carbons (Fsp3) is 0.632. The normalized spacial score (nSPS) is 20.9. The first-order valence-electron chi connectivity index (χ1n) is 9.18. The van der Waals surface area contributed by atoms with Crippen molar-refractivity contribution in [3.63, 3.8) is 0 Å². The third kappa shape index (κ3) is 4.86. The molecule has 150 valence electrons. The van der Waals surface area contributed by atoms with E-state index in [0.29, 0.717) is 37.9 Å². The van der Waals surface area contributed by atoms with Crippen LogP contribution in [0.5, 0.6) is 5.75 Å². The van der Waals surface area contributed by atoms with Crippen LogP contribution in [0, 0.1) is 5.92 Å². The van der Waals surface area contributed by atoms with Crippen molar-refractivity contribution < 1.29 is 27.8 Å². The minimum Gasteiger partial charge on any atom is -0.496 e. The van der Waals surface area contributed by atoms with Crippen LogP contribution in [-0.2, 0) is 6.42 Å². The number of alkyl halides is 3. The lowest BCUT2D eigenvalue weighted by atomic mass is 9.85. The number of rotatable bonds is 5. The zero-order valence-electron chi connectivity index (χ0n) is 15.3. The predicted octanol–water partition coefficient (Wildman–Crippen LogP) is 3.12. The number of amides is 2. The van der Waals surface area contributed by atoms with Crippen molar-refractivity contribution in [3.05, 3.63) is 29.8 Å². The van der Waals surface area contributed by atoms with Gasteiger partial charge in [0.2, 0.25) is 0 Å². The van der Waals surface area contributed by atoms with E-state index in [1.807, 2.05) is 24.3 Å². The van der Waals surface area contributed by atoms with E-state index in [1.54, 1.807) is 7.11 Å². The molecule has 1 aromatic rings. The number of aliphatic hydroxyl groups is 1. The summed E-state index contributed by atoms with van der Waals surface area (Å²) in [6.07, 6.45) is -2.47. The summed E-state index contributed by atoms with van der Waals surface area (Å²) in [6.45, 7) is 0.430. The van der Waals surface area contributed by atoms with Crippen LogP contribution in [0.1, 0.15) is 31.2 Å². The number of ether oxygens (including phenoxy) is 1. The van der Waals surface area contributed by atoms with E-state index in [9.17, 15) is 23.1 Å². The number of carbonyl (C=O) groups excluding carboxylic acids is 1. The number of carbonyl (C=O) groups is 1. The van der Waals surface area contributed by atoms with E-state index >= 15 is 0 Å². The number of benzene rings is 1. The van der Waals surface area contributed by atoms with E-state index in [2.05, 4.69) is 5.32 Å². The van der Waals surface area contributed by atoms with Gasteiger partial charge in [-0.1, -0.05) is 18.2 Å². The van der Waals surface area contributed by atoms with Gasteiger partial charge in [-0.2, -0.15) is 13.2 Å². The highest BCUT2D eigenvalue weighted by atomic mass is 19.4. The van der Waals surface area contributed by atoms with E-state index in [1.165, 1.54) is 4.90 Å². The van der Waals surface area contributed by atoms with Crippen LogP contribution in [0.4, 0.5) is 18.0 Å². The quantitative estimate of drug-likeness (QED) is 0.818. The lowest BCUT2D eigenvalue weighted by molar-refractivity contribution is -0.158. The Hall–Kier alpha value is -1.96. The molecule has 2 N–H and O–H groups in total. The molecule has 8 heteroatoms. The summed E-state index contributed by atoms with van der Waals surface area (Å²) < 4.78 is 44.6. The predicted molar refractivity (Wildman–Crippen MR) is 93.6 cm³/mol. The van der Waals surface area contributed by atoms with Gasteiger partial charge in [-0.05, 0) is 43.2 Å². The molecule has 1 unspecified atom stereocenters. The number of para-hydroxylation sites is 1. The molecule has 1 saturated carbocycles. The fourth-order valence-corrected chi connectivity index (χ4v) is 3.63. The molecule has 2 aliphatic rings. The zero-order chi connectivity index (χ0) is 19.7. The van der Waals surface area contributed by atoms with Crippen LogP contribution in [-0.4, -0.2) is 54.1 Å². The van der Waals surface area contributed by atoms with E-state index in [0.717, 1.165) is 5.56 Å². The maximum atomic E-state index is 13.1. The Kier molecular flexibility index (Phi) is 5.55. The van der Waals surface area contributed by atoms with Crippen LogP contribution in [0.15, 0.2) is 24.3 Å². The second-order valence-electron chi connectivity index (χ2n) is 7.51. The summed E-state index contributed by atoms with van der Waals surface area (Å²) in [6, 6.07) is 4.91. The first kappa shape index (κ1) is 19.8. The molecule has 1 aromatic carbocycles. The maximum Gasteiger partial charge on any atom is 0.408 e. The average Bonchev–Trinajstić information content (AvgIpc) is 3.44. The monoisotopic (exact) mass is 386 g/mol. The number of urea groups is 1. The smallest absolute Gasteiger partial charge is 0.408 e. The Morgan fingerprint density at radius 3 is 2.52 bits per heavy atom. The summed E-state index contributed by atoms with van der Waals surface area (Å²) in [4.78, 5) is 13.6. The lowest BCUT2D eigenvalue weighted by Crippen LogP contribution is -2.55. The molecule has 0 bridgehead atoms. The molecule has 1 saturated heterocycles. The van der Waals surface area contributed by atoms with Gasteiger partial charge in [0.15, 0.2) is 0 Å². The lowest BCUT2D eigenvalue weighted by Gasteiger charge is -2.39. The zero-order valence-corrected chi connectivity index (χ0v) is 15.3. The molecule has 0 aromatic heterocycles. The summed E-state index contributed by atoms with van der Waals surface area (Å²) in [5, 5.41) is 13.0. The topological polar surface area (TPSA) is 61.8 Å². The first-order valence-corrected chi connectivity index (χ1v) is 9.18. The third-order valence-corrected chi connectivity index (χ3v) is 5.42. The highest BCUT2D eigenvalue weighted by molar-refractivity contribution is 5.74.